The lowest BCUT2D eigenvalue weighted by Crippen LogP contribution is -1.98. The molecule has 0 amide bonds. The second-order valence-electron chi connectivity index (χ2n) is 3.96. The second kappa shape index (κ2) is 5.57. The van der Waals surface area contributed by atoms with Gasteiger partial charge in [0.1, 0.15) is 12.3 Å². The zero-order valence-electron chi connectivity index (χ0n) is 9.98. The van der Waals surface area contributed by atoms with Crippen LogP contribution in [0, 0.1) is 0 Å². The minimum atomic E-state index is 0. The average Bonchev–Trinajstić information content (AvgIpc) is 3.04. The molecular formula is C11H13ClN6O. The van der Waals surface area contributed by atoms with Gasteiger partial charge in [-0.25, -0.2) is 9.67 Å². The van der Waals surface area contributed by atoms with E-state index >= 15 is 0 Å². The van der Waals surface area contributed by atoms with Gasteiger partial charge in [0, 0.05) is 18.3 Å². The fraction of sp³-hybridized carbons (Fsp3) is 0.182. The summed E-state index contributed by atoms with van der Waals surface area (Å²) in [6.07, 6.45) is 5.84. The Morgan fingerprint density at radius 2 is 2.32 bits per heavy atom. The van der Waals surface area contributed by atoms with E-state index in [1.807, 2.05) is 18.3 Å². The molecule has 7 nitrogen and oxygen atoms in total. The topological polar surface area (TPSA) is 98.6 Å². The summed E-state index contributed by atoms with van der Waals surface area (Å²) in [5, 5.41) is 8.12. The highest BCUT2D eigenvalue weighted by atomic mass is 35.5. The fourth-order valence-corrected chi connectivity index (χ4v) is 1.72. The van der Waals surface area contributed by atoms with Crippen molar-refractivity contribution < 1.29 is 4.42 Å². The minimum Gasteiger partial charge on any atom is -0.467 e. The van der Waals surface area contributed by atoms with Gasteiger partial charge in [0.25, 0.3) is 0 Å². The zero-order valence-corrected chi connectivity index (χ0v) is 10.8. The number of nitrogens with zero attached hydrogens (tertiary/aromatic N) is 4. The van der Waals surface area contributed by atoms with Crippen LogP contribution in [0.2, 0.25) is 0 Å². The van der Waals surface area contributed by atoms with Crippen molar-refractivity contribution in [2.45, 2.75) is 13.0 Å². The molecule has 0 bridgehead atoms. The van der Waals surface area contributed by atoms with Gasteiger partial charge in [-0.15, -0.1) is 17.5 Å². The van der Waals surface area contributed by atoms with Crippen LogP contribution in [0.4, 0.5) is 5.95 Å². The first-order valence-corrected chi connectivity index (χ1v) is 5.50. The largest absolute Gasteiger partial charge is 0.467 e. The summed E-state index contributed by atoms with van der Waals surface area (Å²) < 4.78 is 6.98. The molecule has 0 saturated heterocycles. The molecule has 3 aromatic heterocycles. The molecule has 0 unspecified atom stereocenters. The maximum absolute atomic E-state index is 5.51. The van der Waals surface area contributed by atoms with Crippen molar-refractivity contribution in [3.05, 3.63) is 47.9 Å². The third-order valence-electron chi connectivity index (χ3n) is 2.50. The van der Waals surface area contributed by atoms with Gasteiger partial charge in [0.05, 0.1) is 18.2 Å². The van der Waals surface area contributed by atoms with E-state index in [1.165, 1.54) is 0 Å². The van der Waals surface area contributed by atoms with Crippen molar-refractivity contribution in [1.29, 1.82) is 0 Å². The molecule has 3 rings (SSSR count). The number of aromatic amines is 1. The number of furan rings is 1. The predicted molar refractivity (Wildman–Crippen MR) is 70.9 cm³/mol. The molecule has 100 valence electrons. The quantitative estimate of drug-likeness (QED) is 0.749. The molecule has 0 aliphatic rings. The number of nitrogen functional groups attached to an aromatic ring is 1. The standard InChI is InChI=1S/C11H12N6O.ClH/c12-11-13-5-8(14-11)4-9-6-17(16-15-9)7-10-2-1-3-18-10;/h1-3,5-6H,4,7H2,(H3,12,13,14);1H. The Kier molecular flexibility index (Phi) is 3.86. The molecule has 0 radical (unpaired) electrons. The Balaban J connectivity index is 0.00000133. The second-order valence-corrected chi connectivity index (χ2v) is 3.96. The van der Waals surface area contributed by atoms with Crippen molar-refractivity contribution in [3.8, 4) is 0 Å². The molecule has 3 heterocycles. The highest BCUT2D eigenvalue weighted by Crippen LogP contribution is 2.07. The summed E-state index contributed by atoms with van der Waals surface area (Å²) in [6, 6.07) is 3.75. The zero-order chi connectivity index (χ0) is 12.4. The molecule has 0 spiro atoms. The van der Waals surface area contributed by atoms with Gasteiger partial charge in [-0.2, -0.15) is 0 Å². The Hall–Kier alpha value is -2.28. The van der Waals surface area contributed by atoms with Gasteiger partial charge in [-0.3, -0.25) is 0 Å². The molecule has 8 heteroatoms. The molecular weight excluding hydrogens is 268 g/mol. The van der Waals surface area contributed by atoms with E-state index in [1.54, 1.807) is 17.1 Å². The van der Waals surface area contributed by atoms with E-state index < -0.39 is 0 Å². The molecule has 0 atom stereocenters. The van der Waals surface area contributed by atoms with Gasteiger partial charge in [-0.05, 0) is 12.1 Å². The first kappa shape index (κ1) is 13.2. The van der Waals surface area contributed by atoms with E-state index in [-0.39, 0.29) is 12.4 Å². The number of hydrogen-bond acceptors (Lipinski definition) is 5. The van der Waals surface area contributed by atoms with Crippen LogP contribution in [0.5, 0.6) is 0 Å². The summed E-state index contributed by atoms with van der Waals surface area (Å²) in [4.78, 5) is 6.88. The Morgan fingerprint density at radius 3 is 3.00 bits per heavy atom. The van der Waals surface area contributed by atoms with Gasteiger partial charge in [0.15, 0.2) is 5.95 Å². The number of H-pyrrole nitrogens is 1. The summed E-state index contributed by atoms with van der Waals surface area (Å²) >= 11 is 0. The summed E-state index contributed by atoms with van der Waals surface area (Å²) in [5.74, 6) is 1.25. The minimum absolute atomic E-state index is 0. The molecule has 3 aromatic rings. The molecule has 0 saturated carbocycles. The van der Waals surface area contributed by atoms with Gasteiger partial charge >= 0.3 is 0 Å². The molecule has 0 fully saturated rings. The van der Waals surface area contributed by atoms with E-state index in [2.05, 4.69) is 20.3 Å². The molecule has 0 aliphatic carbocycles. The van der Waals surface area contributed by atoms with Gasteiger partial charge in [-0.1, -0.05) is 5.21 Å². The number of hydrogen-bond donors (Lipinski definition) is 2. The van der Waals surface area contributed by atoms with E-state index in [9.17, 15) is 0 Å². The Morgan fingerprint density at radius 1 is 1.42 bits per heavy atom. The van der Waals surface area contributed by atoms with E-state index in [4.69, 9.17) is 10.2 Å². The number of rotatable bonds is 4. The monoisotopic (exact) mass is 280 g/mol. The highest BCUT2D eigenvalue weighted by molar-refractivity contribution is 5.85. The molecule has 3 N–H and O–H groups in total. The molecule has 19 heavy (non-hydrogen) atoms. The Bertz CT molecular complexity index is 629. The summed E-state index contributed by atoms with van der Waals surface area (Å²) in [7, 11) is 0. The highest BCUT2D eigenvalue weighted by Gasteiger charge is 2.05. The Labute approximate surface area is 115 Å². The van der Waals surface area contributed by atoms with Crippen molar-refractivity contribution in [2.24, 2.45) is 0 Å². The maximum atomic E-state index is 5.51. The first-order chi connectivity index (χ1) is 8.79. The lowest BCUT2D eigenvalue weighted by molar-refractivity contribution is 0.475. The van der Waals surface area contributed by atoms with Crippen molar-refractivity contribution in [2.75, 3.05) is 5.73 Å². The number of aromatic nitrogens is 5. The number of imidazole rings is 1. The first-order valence-electron chi connectivity index (χ1n) is 5.50. The van der Waals surface area contributed by atoms with Crippen LogP contribution in [-0.2, 0) is 13.0 Å². The number of nitrogens with one attached hydrogen (secondary N) is 1. The van der Waals surface area contributed by atoms with E-state index in [0.717, 1.165) is 17.1 Å². The van der Waals surface area contributed by atoms with Crippen LogP contribution in [0.3, 0.4) is 0 Å². The SMILES string of the molecule is Cl.Nc1ncc(Cc2cn(Cc3ccco3)nn2)[nH]1. The fourth-order valence-electron chi connectivity index (χ4n) is 1.72. The van der Waals surface area contributed by atoms with Crippen LogP contribution in [0.25, 0.3) is 0 Å². The maximum Gasteiger partial charge on any atom is 0.197 e. The lowest BCUT2D eigenvalue weighted by Gasteiger charge is -1.94. The van der Waals surface area contributed by atoms with Crippen molar-refractivity contribution in [3.63, 3.8) is 0 Å². The number of anilines is 1. The molecule has 0 aliphatic heterocycles. The summed E-state index contributed by atoms with van der Waals surface area (Å²) in [6.45, 7) is 0.575. The predicted octanol–water partition coefficient (Wildman–Crippen LogP) is 1.24. The van der Waals surface area contributed by atoms with Crippen LogP contribution in [0.15, 0.2) is 35.2 Å². The van der Waals surface area contributed by atoms with Crippen molar-refractivity contribution in [1.82, 2.24) is 25.0 Å². The number of nitrogens with two attached hydrogens (primary N) is 1. The average molecular weight is 281 g/mol. The number of halogens is 1. The third kappa shape index (κ3) is 3.14. The van der Waals surface area contributed by atoms with Crippen LogP contribution >= 0.6 is 12.4 Å². The van der Waals surface area contributed by atoms with E-state index in [0.29, 0.717) is 18.9 Å². The van der Waals surface area contributed by atoms with Crippen LogP contribution in [0.1, 0.15) is 17.1 Å². The normalized spacial score (nSPS) is 10.3. The van der Waals surface area contributed by atoms with Crippen LogP contribution in [-0.4, -0.2) is 25.0 Å². The van der Waals surface area contributed by atoms with Crippen LogP contribution < -0.4 is 5.73 Å². The van der Waals surface area contributed by atoms with Gasteiger partial charge in [0.2, 0.25) is 0 Å². The summed E-state index contributed by atoms with van der Waals surface area (Å²) in [5.41, 5.74) is 7.27. The van der Waals surface area contributed by atoms with Crippen molar-refractivity contribution >= 4 is 18.4 Å². The van der Waals surface area contributed by atoms with Gasteiger partial charge < -0.3 is 15.1 Å². The lowest BCUT2D eigenvalue weighted by atomic mass is 10.3. The molecule has 0 aromatic carbocycles. The third-order valence-corrected chi connectivity index (χ3v) is 2.50. The smallest absolute Gasteiger partial charge is 0.197 e.